The SMILES string of the molecule is c1ccc(-n2c3ccccc3c3ccc(-c4nc5ccc6ccccc6c5nc4-n4c5cccc6c7cccc8c9ccccc9n(c9cccc4c9c65)c78)cc32)cc1. The molecular formula is C54H31N5. The van der Waals surface area contributed by atoms with Crippen LogP contribution < -0.4 is 0 Å². The summed E-state index contributed by atoms with van der Waals surface area (Å²) in [7, 11) is 0. The first-order chi connectivity index (χ1) is 29.3. The van der Waals surface area contributed by atoms with Crippen LogP contribution in [-0.4, -0.2) is 23.5 Å². The van der Waals surface area contributed by atoms with E-state index in [9.17, 15) is 0 Å². The van der Waals surface area contributed by atoms with Crippen LogP contribution in [0.25, 0.3) is 126 Å². The monoisotopic (exact) mass is 749 g/mol. The van der Waals surface area contributed by atoms with Crippen molar-refractivity contribution in [2.45, 2.75) is 0 Å². The Morgan fingerprint density at radius 3 is 1.83 bits per heavy atom. The molecule has 0 saturated carbocycles. The highest BCUT2D eigenvalue weighted by molar-refractivity contribution is 6.31. The van der Waals surface area contributed by atoms with Crippen molar-refractivity contribution < 1.29 is 0 Å². The van der Waals surface area contributed by atoms with Crippen molar-refractivity contribution in [2.75, 3.05) is 0 Å². The summed E-state index contributed by atoms with van der Waals surface area (Å²) < 4.78 is 7.25. The minimum atomic E-state index is 0.807. The zero-order valence-electron chi connectivity index (χ0n) is 31.6. The van der Waals surface area contributed by atoms with Gasteiger partial charge in [0.15, 0.2) is 5.82 Å². The molecule has 0 radical (unpaired) electrons. The van der Waals surface area contributed by atoms with Crippen molar-refractivity contribution in [3.05, 3.63) is 188 Å². The zero-order valence-corrected chi connectivity index (χ0v) is 31.6. The van der Waals surface area contributed by atoms with Gasteiger partial charge in [0.2, 0.25) is 0 Å². The maximum atomic E-state index is 5.74. The number of benzene rings is 9. The second-order valence-corrected chi connectivity index (χ2v) is 15.7. The first-order valence-corrected chi connectivity index (χ1v) is 20.2. The molecule has 0 amide bonds. The Balaban J connectivity index is 1.17. The van der Waals surface area contributed by atoms with Gasteiger partial charge in [-0.3, -0.25) is 4.57 Å². The van der Waals surface area contributed by atoms with E-state index in [0.717, 1.165) is 61.1 Å². The quantitative estimate of drug-likeness (QED) is 0.169. The van der Waals surface area contributed by atoms with Gasteiger partial charge in [0.05, 0.1) is 49.7 Å². The predicted molar refractivity (Wildman–Crippen MR) is 246 cm³/mol. The number of nitrogens with zero attached hydrogens (tertiary/aromatic N) is 5. The molecule has 5 heterocycles. The van der Waals surface area contributed by atoms with Gasteiger partial charge in [-0.1, -0.05) is 133 Å². The van der Waals surface area contributed by atoms with Gasteiger partial charge in [0.1, 0.15) is 5.69 Å². The molecule has 5 heteroatoms. The van der Waals surface area contributed by atoms with Crippen LogP contribution in [0, 0.1) is 0 Å². The van der Waals surface area contributed by atoms with E-state index in [-0.39, 0.29) is 0 Å². The molecule has 272 valence electrons. The number of fused-ring (bicyclic) bond motifs is 11. The molecule has 5 nitrogen and oxygen atoms in total. The van der Waals surface area contributed by atoms with Crippen molar-refractivity contribution in [2.24, 2.45) is 0 Å². The summed E-state index contributed by atoms with van der Waals surface area (Å²) in [6.45, 7) is 0. The molecule has 0 atom stereocenters. The molecule has 9 aromatic carbocycles. The second-order valence-electron chi connectivity index (χ2n) is 15.7. The lowest BCUT2D eigenvalue weighted by molar-refractivity contribution is 1.08. The van der Waals surface area contributed by atoms with Crippen molar-refractivity contribution >= 4 is 104 Å². The average Bonchev–Trinajstić information content (AvgIpc) is 3.91. The molecule has 0 spiro atoms. The van der Waals surface area contributed by atoms with Crippen molar-refractivity contribution in [3.63, 3.8) is 0 Å². The Hall–Kier alpha value is -8.02. The van der Waals surface area contributed by atoms with Gasteiger partial charge in [0, 0.05) is 54.3 Å². The third kappa shape index (κ3) is 4.03. The second kappa shape index (κ2) is 11.3. The van der Waals surface area contributed by atoms with Crippen LogP contribution in [0.4, 0.5) is 0 Å². The molecule has 0 fully saturated rings. The largest absolute Gasteiger partial charge is 0.309 e. The Morgan fingerprint density at radius 2 is 0.966 bits per heavy atom. The fourth-order valence-electron chi connectivity index (χ4n) is 10.3. The van der Waals surface area contributed by atoms with E-state index in [1.165, 1.54) is 65.2 Å². The summed E-state index contributed by atoms with van der Waals surface area (Å²) in [5, 5.41) is 12.1. The summed E-state index contributed by atoms with van der Waals surface area (Å²) in [6, 6.07) is 68.0. The lowest BCUT2D eigenvalue weighted by atomic mass is 10.0. The van der Waals surface area contributed by atoms with Crippen LogP contribution >= 0.6 is 0 Å². The topological polar surface area (TPSA) is 40.0 Å². The number of para-hydroxylation sites is 4. The third-order valence-electron chi connectivity index (χ3n) is 12.7. The Morgan fingerprint density at radius 1 is 0.356 bits per heavy atom. The molecule has 14 aromatic rings. The Bertz CT molecular complexity index is 4070. The third-order valence-corrected chi connectivity index (χ3v) is 12.7. The molecule has 0 N–H and O–H groups in total. The fourth-order valence-corrected chi connectivity index (χ4v) is 10.3. The lowest BCUT2D eigenvalue weighted by Gasteiger charge is -2.15. The van der Waals surface area contributed by atoms with Crippen molar-refractivity contribution in [3.8, 4) is 22.8 Å². The number of hydrogen-bond acceptors (Lipinski definition) is 2. The van der Waals surface area contributed by atoms with Gasteiger partial charge in [-0.25, -0.2) is 9.97 Å². The molecule has 0 bridgehead atoms. The first-order valence-electron chi connectivity index (χ1n) is 20.2. The Labute approximate surface area is 336 Å². The molecule has 0 saturated heterocycles. The van der Waals surface area contributed by atoms with Gasteiger partial charge in [-0.05, 0) is 65.4 Å². The van der Waals surface area contributed by atoms with E-state index in [0.29, 0.717) is 0 Å². The summed E-state index contributed by atoms with van der Waals surface area (Å²) in [4.78, 5) is 11.3. The molecule has 59 heavy (non-hydrogen) atoms. The van der Waals surface area contributed by atoms with E-state index in [1.54, 1.807) is 0 Å². The van der Waals surface area contributed by atoms with Crippen LogP contribution in [0.15, 0.2) is 188 Å². The lowest BCUT2D eigenvalue weighted by Crippen LogP contribution is -2.04. The maximum Gasteiger partial charge on any atom is 0.165 e. The highest BCUT2D eigenvalue weighted by Gasteiger charge is 2.25. The minimum Gasteiger partial charge on any atom is -0.309 e. The van der Waals surface area contributed by atoms with Crippen LogP contribution in [0.3, 0.4) is 0 Å². The summed E-state index contributed by atoms with van der Waals surface area (Å²) in [5.41, 5.74) is 12.8. The maximum absolute atomic E-state index is 5.74. The summed E-state index contributed by atoms with van der Waals surface area (Å²) >= 11 is 0. The highest BCUT2D eigenvalue weighted by atomic mass is 15.1. The smallest absolute Gasteiger partial charge is 0.165 e. The normalized spacial score (nSPS) is 12.4. The molecule has 5 aromatic heterocycles. The highest BCUT2D eigenvalue weighted by Crippen LogP contribution is 2.45. The van der Waals surface area contributed by atoms with E-state index >= 15 is 0 Å². The standard InChI is InChI=1S/C54H31N5/c1-2-14-34(15-3-1)57-43-22-8-6-17-36(43)38-29-27-33(31-48(38)57)51-54(56-52-35-16-5-4-13-32(35)28-30-42(52)55-51)59-45-24-11-19-39-41-21-10-20-40-37-18-7-9-23-44(37)58(53(40)41)46-25-12-26-47(59)50(46)49(39)45/h1-31H. The number of hydrogen-bond donors (Lipinski definition) is 0. The van der Waals surface area contributed by atoms with E-state index < -0.39 is 0 Å². The van der Waals surface area contributed by atoms with Crippen LogP contribution in [0.1, 0.15) is 0 Å². The summed E-state index contributed by atoms with van der Waals surface area (Å²) in [6.07, 6.45) is 0. The zero-order chi connectivity index (χ0) is 38.3. The predicted octanol–water partition coefficient (Wildman–Crippen LogP) is 13.8. The van der Waals surface area contributed by atoms with Gasteiger partial charge in [-0.15, -0.1) is 0 Å². The van der Waals surface area contributed by atoms with E-state index in [1.807, 2.05) is 0 Å². The molecule has 0 aliphatic carbocycles. The van der Waals surface area contributed by atoms with E-state index in [4.69, 9.17) is 9.97 Å². The number of aromatic nitrogens is 5. The van der Waals surface area contributed by atoms with Crippen LogP contribution in [0.5, 0.6) is 0 Å². The molecule has 14 rings (SSSR count). The van der Waals surface area contributed by atoms with Crippen molar-refractivity contribution in [1.82, 2.24) is 23.5 Å². The molecule has 0 unspecified atom stereocenters. The number of rotatable bonds is 3. The van der Waals surface area contributed by atoms with Gasteiger partial charge >= 0.3 is 0 Å². The first kappa shape index (κ1) is 31.1. The van der Waals surface area contributed by atoms with Gasteiger partial charge in [0.25, 0.3) is 0 Å². The van der Waals surface area contributed by atoms with Crippen molar-refractivity contribution in [1.29, 1.82) is 0 Å². The fraction of sp³-hybridized carbons (Fsp3) is 0. The average molecular weight is 750 g/mol. The van der Waals surface area contributed by atoms with Gasteiger partial charge in [-0.2, -0.15) is 0 Å². The minimum absolute atomic E-state index is 0.807. The van der Waals surface area contributed by atoms with Crippen LogP contribution in [-0.2, 0) is 0 Å². The Kier molecular flexibility index (Phi) is 5.96. The van der Waals surface area contributed by atoms with Gasteiger partial charge < -0.3 is 8.97 Å². The van der Waals surface area contributed by atoms with Crippen LogP contribution in [0.2, 0.25) is 0 Å². The molecular weight excluding hydrogens is 719 g/mol. The van der Waals surface area contributed by atoms with E-state index in [2.05, 4.69) is 202 Å². The summed E-state index contributed by atoms with van der Waals surface area (Å²) in [5.74, 6) is 0.807. The molecule has 0 aliphatic heterocycles. The molecule has 0 aliphatic rings.